The van der Waals surface area contributed by atoms with E-state index in [1.807, 2.05) is 30.3 Å². The van der Waals surface area contributed by atoms with Crippen LogP contribution in [0.3, 0.4) is 0 Å². The summed E-state index contributed by atoms with van der Waals surface area (Å²) >= 11 is 0. The molecule has 0 N–H and O–H groups in total. The summed E-state index contributed by atoms with van der Waals surface area (Å²) in [5.41, 5.74) is 0. The molecule has 1 aromatic rings. The Bertz CT molecular complexity index is 150. The third-order valence-corrected chi connectivity index (χ3v) is 0.979. The highest BCUT2D eigenvalue weighted by atomic mass is 35.5. The molecular weight excluding hydrogens is 136 g/mol. The minimum Gasteiger partial charge on any atom is -0.497 e. The first-order valence-corrected chi connectivity index (χ1v) is 2.52. The van der Waals surface area contributed by atoms with E-state index in [2.05, 4.69) is 0 Å². The zero-order valence-electron chi connectivity index (χ0n) is 5.20. The van der Waals surface area contributed by atoms with Crippen LogP contribution in [0.4, 0.5) is 0 Å². The maximum absolute atomic E-state index is 4.91. The summed E-state index contributed by atoms with van der Waals surface area (Å²) in [6.45, 7) is 0. The second kappa shape index (κ2) is 4.21. The second-order valence-electron chi connectivity index (χ2n) is 1.52. The Kier molecular flexibility index (Phi) is 3.89. The lowest BCUT2D eigenvalue weighted by Crippen LogP contribution is -1.78. The summed E-state index contributed by atoms with van der Waals surface area (Å²) in [6.07, 6.45) is 0. The van der Waals surface area contributed by atoms with E-state index in [1.165, 1.54) is 0 Å². The van der Waals surface area contributed by atoms with Crippen molar-refractivity contribution in [3.05, 3.63) is 30.3 Å². The van der Waals surface area contributed by atoms with Gasteiger partial charge in [0.2, 0.25) is 0 Å². The highest BCUT2D eigenvalue weighted by Crippen LogP contribution is 2.05. The predicted octanol–water partition coefficient (Wildman–Crippen LogP) is 2.12. The van der Waals surface area contributed by atoms with Crippen LogP contribution in [0.2, 0.25) is 0 Å². The molecule has 0 fully saturated rings. The molecule has 0 radical (unpaired) electrons. The number of hydrogen-bond acceptors (Lipinski definition) is 1. The summed E-state index contributed by atoms with van der Waals surface area (Å²) in [4.78, 5) is 0. The summed E-state index contributed by atoms with van der Waals surface area (Å²) in [5, 5.41) is 0. The fraction of sp³-hybridized carbons (Fsp3) is 0.143. The Morgan fingerprint density at radius 1 is 1.11 bits per heavy atom. The molecule has 0 aliphatic heterocycles. The van der Waals surface area contributed by atoms with Gasteiger partial charge in [0.1, 0.15) is 5.75 Å². The van der Waals surface area contributed by atoms with Gasteiger partial charge in [-0.2, -0.15) is 0 Å². The van der Waals surface area contributed by atoms with Crippen LogP contribution in [0.5, 0.6) is 5.75 Å². The smallest absolute Gasteiger partial charge is 0.118 e. The van der Waals surface area contributed by atoms with Crippen LogP contribution in [0.15, 0.2) is 30.3 Å². The molecule has 0 unspecified atom stereocenters. The SMILES string of the molecule is COc1ccccc1.Cl. The highest BCUT2D eigenvalue weighted by molar-refractivity contribution is 5.85. The standard InChI is InChI=1S/C7H8O.ClH/c1-8-7-5-3-2-4-6-7;/h2-6H,1H3;1H. The van der Waals surface area contributed by atoms with Crippen molar-refractivity contribution in [1.29, 1.82) is 0 Å². The first kappa shape index (κ1) is 8.31. The highest BCUT2D eigenvalue weighted by Gasteiger charge is 1.80. The summed E-state index contributed by atoms with van der Waals surface area (Å²) in [5.74, 6) is 0.910. The summed E-state index contributed by atoms with van der Waals surface area (Å²) < 4.78 is 4.91. The maximum Gasteiger partial charge on any atom is 0.118 e. The van der Waals surface area contributed by atoms with Gasteiger partial charge in [0.25, 0.3) is 0 Å². The fourth-order valence-corrected chi connectivity index (χ4v) is 0.557. The van der Waals surface area contributed by atoms with Gasteiger partial charge in [-0.3, -0.25) is 0 Å². The van der Waals surface area contributed by atoms with Crippen LogP contribution < -0.4 is 4.74 Å². The summed E-state index contributed by atoms with van der Waals surface area (Å²) in [7, 11) is 1.66. The van der Waals surface area contributed by atoms with Crippen molar-refractivity contribution in [2.24, 2.45) is 0 Å². The van der Waals surface area contributed by atoms with Gasteiger partial charge in [0, 0.05) is 0 Å². The molecule has 0 atom stereocenters. The maximum atomic E-state index is 4.91. The predicted molar refractivity (Wildman–Crippen MR) is 40.2 cm³/mol. The average molecular weight is 145 g/mol. The quantitative estimate of drug-likeness (QED) is 0.587. The number of benzene rings is 1. The number of hydrogen-bond donors (Lipinski definition) is 0. The van der Waals surface area contributed by atoms with Crippen molar-refractivity contribution in [3.63, 3.8) is 0 Å². The van der Waals surface area contributed by atoms with E-state index in [1.54, 1.807) is 7.11 Å². The lowest BCUT2D eigenvalue weighted by atomic mass is 10.3. The molecule has 0 aliphatic carbocycles. The van der Waals surface area contributed by atoms with E-state index in [9.17, 15) is 0 Å². The van der Waals surface area contributed by atoms with Crippen LogP contribution in [-0.2, 0) is 0 Å². The van der Waals surface area contributed by atoms with Crippen molar-refractivity contribution in [2.75, 3.05) is 7.11 Å². The molecule has 0 spiro atoms. The van der Waals surface area contributed by atoms with Gasteiger partial charge in [-0.1, -0.05) is 18.2 Å². The Morgan fingerprint density at radius 2 is 1.67 bits per heavy atom. The minimum atomic E-state index is 0. The van der Waals surface area contributed by atoms with Gasteiger partial charge < -0.3 is 4.74 Å². The Balaban J connectivity index is 0.000000640. The lowest BCUT2D eigenvalue weighted by Gasteiger charge is -1.93. The van der Waals surface area contributed by atoms with Gasteiger partial charge in [-0.05, 0) is 12.1 Å². The number of methoxy groups -OCH3 is 1. The molecule has 1 nitrogen and oxygen atoms in total. The molecule has 0 heterocycles. The van der Waals surface area contributed by atoms with Crippen molar-refractivity contribution < 1.29 is 4.74 Å². The van der Waals surface area contributed by atoms with Crippen LogP contribution in [0.1, 0.15) is 0 Å². The third-order valence-electron chi connectivity index (χ3n) is 0.979. The van der Waals surface area contributed by atoms with Gasteiger partial charge >= 0.3 is 0 Å². The first-order chi connectivity index (χ1) is 3.93. The number of ether oxygens (including phenoxy) is 1. The Hall–Kier alpha value is -0.690. The van der Waals surface area contributed by atoms with Crippen molar-refractivity contribution in [1.82, 2.24) is 0 Å². The van der Waals surface area contributed by atoms with Crippen LogP contribution >= 0.6 is 12.4 Å². The first-order valence-electron chi connectivity index (χ1n) is 2.52. The molecule has 2 heteroatoms. The number of para-hydroxylation sites is 1. The molecule has 50 valence electrons. The van der Waals surface area contributed by atoms with Gasteiger partial charge in [-0.15, -0.1) is 12.4 Å². The molecule has 0 aliphatic rings. The fourth-order valence-electron chi connectivity index (χ4n) is 0.557. The Morgan fingerprint density at radius 3 is 2.00 bits per heavy atom. The molecule has 0 saturated carbocycles. The third kappa shape index (κ3) is 2.38. The van der Waals surface area contributed by atoms with Gasteiger partial charge in [0.05, 0.1) is 7.11 Å². The normalized spacial score (nSPS) is 7.67. The van der Waals surface area contributed by atoms with Crippen molar-refractivity contribution in [3.8, 4) is 5.75 Å². The lowest BCUT2D eigenvalue weighted by molar-refractivity contribution is 0.415. The monoisotopic (exact) mass is 144 g/mol. The molecule has 0 amide bonds. The van der Waals surface area contributed by atoms with E-state index < -0.39 is 0 Å². The van der Waals surface area contributed by atoms with Crippen LogP contribution in [0.25, 0.3) is 0 Å². The van der Waals surface area contributed by atoms with E-state index >= 15 is 0 Å². The van der Waals surface area contributed by atoms with E-state index in [-0.39, 0.29) is 12.4 Å². The molecule has 9 heavy (non-hydrogen) atoms. The van der Waals surface area contributed by atoms with Gasteiger partial charge in [-0.25, -0.2) is 0 Å². The minimum absolute atomic E-state index is 0. The average Bonchev–Trinajstić information content (AvgIpc) is 1.90. The molecule has 0 aromatic heterocycles. The van der Waals surface area contributed by atoms with Crippen molar-refractivity contribution in [2.45, 2.75) is 0 Å². The van der Waals surface area contributed by atoms with Crippen LogP contribution in [-0.4, -0.2) is 7.11 Å². The molecule has 0 bridgehead atoms. The topological polar surface area (TPSA) is 9.23 Å². The zero-order chi connectivity index (χ0) is 5.82. The largest absolute Gasteiger partial charge is 0.497 e. The molecule has 0 saturated heterocycles. The van der Waals surface area contributed by atoms with E-state index in [0.29, 0.717) is 0 Å². The second-order valence-corrected chi connectivity index (χ2v) is 1.52. The van der Waals surface area contributed by atoms with Gasteiger partial charge in [0.15, 0.2) is 0 Å². The summed E-state index contributed by atoms with van der Waals surface area (Å²) in [6, 6.07) is 9.68. The van der Waals surface area contributed by atoms with E-state index in [0.717, 1.165) is 5.75 Å². The molecular formula is C7H9ClO. The molecule has 1 rings (SSSR count). The number of rotatable bonds is 1. The molecule has 1 aromatic carbocycles. The zero-order valence-corrected chi connectivity index (χ0v) is 6.02. The Labute approximate surface area is 61.1 Å². The van der Waals surface area contributed by atoms with Crippen LogP contribution in [0, 0.1) is 0 Å². The number of halogens is 1. The van der Waals surface area contributed by atoms with Crippen molar-refractivity contribution >= 4 is 12.4 Å². The van der Waals surface area contributed by atoms with E-state index in [4.69, 9.17) is 4.74 Å².